The van der Waals surface area contributed by atoms with Crippen LogP contribution in [0.3, 0.4) is 0 Å². The SMILES string of the molecule is CCC1(C)c2ccccc2-c2cccc(C)[n+]2C1(CC)CCC1c2cc(-c3ccccc3)ccc2-c2cc(C)cc[n+]21. The van der Waals surface area contributed by atoms with E-state index in [-0.39, 0.29) is 11.0 Å². The quantitative estimate of drug-likeness (QED) is 0.186. The Kier molecular flexibility index (Phi) is 6.42. The van der Waals surface area contributed by atoms with E-state index in [2.05, 4.69) is 153 Å². The minimum Gasteiger partial charge on any atom is -0.191 e. The third kappa shape index (κ3) is 3.77. The highest BCUT2D eigenvalue weighted by atomic mass is 15.1. The van der Waals surface area contributed by atoms with Gasteiger partial charge in [-0.25, -0.2) is 0 Å². The molecule has 210 valence electrons. The van der Waals surface area contributed by atoms with Gasteiger partial charge in [-0.15, -0.1) is 0 Å². The molecule has 0 radical (unpaired) electrons. The Morgan fingerprint density at radius 3 is 2.26 bits per heavy atom. The lowest BCUT2D eigenvalue weighted by molar-refractivity contribution is -0.777. The van der Waals surface area contributed by atoms with E-state index in [1.807, 2.05) is 0 Å². The normalized spacial score (nSPS) is 21.8. The van der Waals surface area contributed by atoms with Crippen LogP contribution >= 0.6 is 0 Å². The van der Waals surface area contributed by atoms with Crippen molar-refractivity contribution in [2.24, 2.45) is 0 Å². The molecule has 3 aromatic carbocycles. The maximum absolute atomic E-state index is 2.73. The van der Waals surface area contributed by atoms with Crippen LogP contribution in [0.5, 0.6) is 0 Å². The van der Waals surface area contributed by atoms with Crippen molar-refractivity contribution in [3.63, 3.8) is 0 Å². The van der Waals surface area contributed by atoms with Crippen LogP contribution in [0.1, 0.15) is 74.9 Å². The predicted molar refractivity (Wildman–Crippen MR) is 172 cm³/mol. The standard InChI is InChI=1S/C40H42N2/c1-6-39(5)35-18-12-11-17-33(35)37-19-13-14-29(4)42(37)40(39,7-2)24-22-36-34-27-31(30-15-9-8-10-16-30)20-21-32(34)38-26-28(3)23-25-41(36)38/h8-21,23,25-27,36H,6-7,22,24H2,1-5H3/q+2. The van der Waals surface area contributed by atoms with E-state index >= 15 is 0 Å². The van der Waals surface area contributed by atoms with Crippen molar-refractivity contribution in [3.05, 3.63) is 132 Å². The lowest BCUT2D eigenvalue weighted by atomic mass is 9.58. The zero-order valence-corrected chi connectivity index (χ0v) is 25.7. The number of rotatable bonds is 6. The van der Waals surface area contributed by atoms with Crippen molar-refractivity contribution in [1.29, 1.82) is 0 Å². The molecule has 0 saturated heterocycles. The summed E-state index contributed by atoms with van der Waals surface area (Å²) in [6.07, 6.45) is 6.70. The zero-order valence-electron chi connectivity index (χ0n) is 25.7. The highest BCUT2D eigenvalue weighted by molar-refractivity contribution is 5.73. The van der Waals surface area contributed by atoms with Crippen molar-refractivity contribution in [2.45, 2.75) is 77.3 Å². The second-order valence-corrected chi connectivity index (χ2v) is 12.7. The Hall–Kier alpha value is -4.04. The van der Waals surface area contributed by atoms with Crippen LogP contribution in [0, 0.1) is 13.8 Å². The van der Waals surface area contributed by atoms with Gasteiger partial charge in [-0.2, -0.15) is 9.13 Å². The van der Waals surface area contributed by atoms with E-state index in [1.165, 1.54) is 56.0 Å². The molecule has 0 saturated carbocycles. The average molecular weight is 551 g/mol. The van der Waals surface area contributed by atoms with Crippen LogP contribution < -0.4 is 9.13 Å². The van der Waals surface area contributed by atoms with E-state index < -0.39 is 0 Å². The lowest BCUT2D eigenvalue weighted by Gasteiger charge is -2.48. The van der Waals surface area contributed by atoms with E-state index in [9.17, 15) is 0 Å². The Morgan fingerprint density at radius 1 is 0.690 bits per heavy atom. The summed E-state index contributed by atoms with van der Waals surface area (Å²) in [5.41, 5.74) is 13.7. The van der Waals surface area contributed by atoms with Crippen molar-refractivity contribution in [2.75, 3.05) is 0 Å². The molecule has 0 N–H and O–H groups in total. The summed E-state index contributed by atoms with van der Waals surface area (Å²) in [7, 11) is 0. The Labute approximate surface area is 251 Å². The van der Waals surface area contributed by atoms with Gasteiger partial charge in [-0.05, 0) is 66.8 Å². The fourth-order valence-corrected chi connectivity index (χ4v) is 8.52. The van der Waals surface area contributed by atoms with E-state index in [0.717, 1.165) is 25.7 Å². The van der Waals surface area contributed by atoms with Crippen LogP contribution in [0.4, 0.5) is 0 Å². The first-order valence-corrected chi connectivity index (χ1v) is 15.8. The fraction of sp³-hybridized carbons (Fsp3) is 0.300. The van der Waals surface area contributed by atoms with Gasteiger partial charge in [0.15, 0.2) is 23.5 Å². The second kappa shape index (κ2) is 10.1. The topological polar surface area (TPSA) is 7.76 Å². The summed E-state index contributed by atoms with van der Waals surface area (Å²) >= 11 is 0. The molecule has 0 amide bonds. The van der Waals surface area contributed by atoms with Crippen LogP contribution in [0.15, 0.2) is 109 Å². The number of fused-ring (bicyclic) bond motifs is 6. The van der Waals surface area contributed by atoms with Crippen LogP contribution in [-0.2, 0) is 11.0 Å². The number of pyridine rings is 2. The molecule has 42 heavy (non-hydrogen) atoms. The van der Waals surface area contributed by atoms with Crippen molar-refractivity contribution < 1.29 is 9.13 Å². The number of aromatic nitrogens is 2. The largest absolute Gasteiger partial charge is 0.213 e. The minimum absolute atomic E-state index is 0.0101. The Morgan fingerprint density at radius 2 is 1.48 bits per heavy atom. The molecule has 2 nitrogen and oxygen atoms in total. The van der Waals surface area contributed by atoms with Crippen molar-refractivity contribution in [1.82, 2.24) is 0 Å². The van der Waals surface area contributed by atoms with Gasteiger partial charge < -0.3 is 0 Å². The van der Waals surface area contributed by atoms with Gasteiger partial charge >= 0.3 is 0 Å². The van der Waals surface area contributed by atoms with Crippen LogP contribution in [0.2, 0.25) is 0 Å². The van der Waals surface area contributed by atoms with Gasteiger partial charge in [0, 0.05) is 56.0 Å². The number of aryl methyl sites for hydroxylation is 2. The monoisotopic (exact) mass is 550 g/mol. The van der Waals surface area contributed by atoms with Crippen LogP contribution in [-0.4, -0.2) is 0 Å². The molecule has 7 rings (SSSR count). The predicted octanol–water partition coefficient (Wildman–Crippen LogP) is 9.05. The lowest BCUT2D eigenvalue weighted by Crippen LogP contribution is -2.70. The number of hydrogen-bond acceptors (Lipinski definition) is 0. The average Bonchev–Trinajstić information content (AvgIpc) is 3.33. The fourth-order valence-electron chi connectivity index (χ4n) is 8.52. The molecular formula is C40H42N2+2. The number of nitrogens with zero attached hydrogens (tertiary/aromatic N) is 2. The molecule has 0 aliphatic carbocycles. The van der Waals surface area contributed by atoms with Gasteiger partial charge in [-0.1, -0.05) is 68.4 Å². The Bertz CT molecular complexity index is 1800. The summed E-state index contributed by atoms with van der Waals surface area (Å²) in [6.45, 7) is 11.9. The molecule has 3 atom stereocenters. The van der Waals surface area contributed by atoms with Gasteiger partial charge in [0.1, 0.15) is 0 Å². The van der Waals surface area contributed by atoms with Gasteiger partial charge in [-0.3, -0.25) is 0 Å². The van der Waals surface area contributed by atoms with Crippen molar-refractivity contribution >= 4 is 0 Å². The number of benzene rings is 3. The summed E-state index contributed by atoms with van der Waals surface area (Å²) < 4.78 is 5.29. The first kappa shape index (κ1) is 26.8. The highest BCUT2D eigenvalue weighted by Gasteiger charge is 2.60. The molecule has 0 spiro atoms. The molecule has 0 bridgehead atoms. The first-order chi connectivity index (χ1) is 20.4. The third-order valence-electron chi connectivity index (χ3n) is 10.8. The smallest absolute Gasteiger partial charge is 0.191 e. The molecule has 2 aliphatic heterocycles. The molecule has 3 unspecified atom stereocenters. The Balaban J connectivity index is 1.38. The molecule has 5 aromatic rings. The van der Waals surface area contributed by atoms with E-state index in [4.69, 9.17) is 0 Å². The molecule has 0 fully saturated rings. The maximum atomic E-state index is 2.73. The molecule has 2 aliphatic rings. The highest BCUT2D eigenvalue weighted by Crippen LogP contribution is 2.53. The van der Waals surface area contributed by atoms with Crippen molar-refractivity contribution in [3.8, 4) is 33.6 Å². The molecule has 2 heteroatoms. The van der Waals surface area contributed by atoms with Gasteiger partial charge in [0.05, 0.1) is 16.5 Å². The van der Waals surface area contributed by atoms with E-state index in [1.54, 1.807) is 0 Å². The number of hydrogen-bond donors (Lipinski definition) is 0. The molecule has 4 heterocycles. The maximum Gasteiger partial charge on any atom is 0.213 e. The van der Waals surface area contributed by atoms with E-state index in [0.29, 0.717) is 6.04 Å². The third-order valence-corrected chi connectivity index (χ3v) is 10.8. The van der Waals surface area contributed by atoms with Crippen LogP contribution in [0.25, 0.3) is 33.6 Å². The zero-order chi connectivity index (χ0) is 29.1. The summed E-state index contributed by atoms with van der Waals surface area (Å²) in [5, 5.41) is 0. The first-order valence-electron chi connectivity index (χ1n) is 15.8. The van der Waals surface area contributed by atoms with Gasteiger partial charge in [0.25, 0.3) is 0 Å². The molecular weight excluding hydrogens is 508 g/mol. The minimum atomic E-state index is -0.0397. The summed E-state index contributed by atoms with van der Waals surface area (Å²) in [5.74, 6) is 0. The summed E-state index contributed by atoms with van der Waals surface area (Å²) in [4.78, 5) is 0. The van der Waals surface area contributed by atoms with Gasteiger partial charge in [0.2, 0.25) is 11.4 Å². The molecule has 2 aromatic heterocycles. The summed E-state index contributed by atoms with van der Waals surface area (Å²) in [6, 6.07) is 39.0. The second-order valence-electron chi connectivity index (χ2n) is 12.7.